The van der Waals surface area contributed by atoms with Crippen molar-refractivity contribution in [2.24, 2.45) is 11.8 Å². The van der Waals surface area contributed by atoms with Crippen molar-refractivity contribution in [1.82, 2.24) is 0 Å². The summed E-state index contributed by atoms with van der Waals surface area (Å²) < 4.78 is 0. The Kier molecular flexibility index (Phi) is 7.11. The fourth-order valence-corrected chi connectivity index (χ4v) is 5.07. The maximum Gasteiger partial charge on any atom is 0.228 e. The predicted octanol–water partition coefficient (Wildman–Crippen LogP) is 3.81. The van der Waals surface area contributed by atoms with Gasteiger partial charge in [0.25, 0.3) is 0 Å². The molecule has 1 N–H and O–H groups in total. The zero-order valence-corrected chi connectivity index (χ0v) is 19.2. The van der Waals surface area contributed by atoms with E-state index in [0.29, 0.717) is 28.6 Å². The number of carbonyl (C=O) groups is 2. The smallest absolute Gasteiger partial charge is 0.228 e. The summed E-state index contributed by atoms with van der Waals surface area (Å²) in [5.41, 5.74) is 2.70. The van der Waals surface area contributed by atoms with Crippen LogP contribution >= 0.6 is 23.2 Å². The van der Waals surface area contributed by atoms with E-state index in [9.17, 15) is 14.7 Å². The Hall–Kier alpha value is -2.44. The first-order chi connectivity index (χ1) is 15.4. The molecule has 4 rings (SSSR count). The van der Waals surface area contributed by atoms with Gasteiger partial charge in [-0.1, -0.05) is 42.1 Å². The molecular formula is C24H26Cl2N3O3-. The highest BCUT2D eigenvalue weighted by molar-refractivity contribution is 6.43. The van der Waals surface area contributed by atoms with E-state index in [0.717, 1.165) is 50.4 Å². The van der Waals surface area contributed by atoms with Crippen LogP contribution in [-0.2, 0) is 9.59 Å². The second-order valence-electron chi connectivity index (χ2n) is 8.40. The third-order valence-electron chi connectivity index (χ3n) is 6.46. The first-order valence-corrected chi connectivity index (χ1v) is 11.8. The van der Waals surface area contributed by atoms with E-state index in [1.807, 2.05) is 36.4 Å². The molecule has 0 spiro atoms. The Balaban J connectivity index is 1.34. The van der Waals surface area contributed by atoms with Crippen LogP contribution in [0.1, 0.15) is 25.7 Å². The molecule has 1 aliphatic heterocycles. The van der Waals surface area contributed by atoms with E-state index in [1.54, 1.807) is 6.07 Å². The molecule has 1 saturated heterocycles. The Morgan fingerprint density at radius 1 is 0.875 bits per heavy atom. The normalized spacial score (nSPS) is 21.3. The minimum absolute atomic E-state index is 0.237. The maximum atomic E-state index is 12.7. The summed E-state index contributed by atoms with van der Waals surface area (Å²) in [6.07, 6.45) is 2.79. The molecule has 0 unspecified atom stereocenters. The molecule has 1 heterocycles. The molecule has 2 atom stereocenters. The lowest BCUT2D eigenvalue weighted by molar-refractivity contribution is -0.313. The van der Waals surface area contributed by atoms with Gasteiger partial charge in [0.1, 0.15) is 0 Å². The number of piperazine rings is 1. The Bertz CT molecular complexity index is 975. The molecule has 170 valence electrons. The number of aliphatic carboxylic acids is 1. The number of anilines is 3. The molecule has 2 aliphatic rings. The number of carbonyl (C=O) groups excluding carboxylic acids is 2. The van der Waals surface area contributed by atoms with Crippen LogP contribution in [0.3, 0.4) is 0 Å². The Morgan fingerprint density at radius 2 is 1.50 bits per heavy atom. The summed E-state index contributed by atoms with van der Waals surface area (Å²) in [5, 5.41) is 15.4. The highest BCUT2D eigenvalue weighted by atomic mass is 35.5. The van der Waals surface area contributed by atoms with E-state index in [4.69, 9.17) is 23.2 Å². The van der Waals surface area contributed by atoms with Gasteiger partial charge in [-0.25, -0.2) is 0 Å². The monoisotopic (exact) mass is 474 g/mol. The largest absolute Gasteiger partial charge is 0.550 e. The molecule has 1 amide bonds. The number of amides is 1. The Morgan fingerprint density at radius 3 is 2.16 bits per heavy atom. The third-order valence-corrected chi connectivity index (χ3v) is 7.27. The lowest BCUT2D eigenvalue weighted by Crippen LogP contribution is -2.46. The molecule has 6 nitrogen and oxygen atoms in total. The number of nitrogens with zero attached hydrogens (tertiary/aromatic N) is 2. The molecule has 0 bridgehead atoms. The summed E-state index contributed by atoms with van der Waals surface area (Å²) in [5.74, 6) is -2.59. The molecule has 2 fully saturated rings. The first-order valence-electron chi connectivity index (χ1n) is 11.0. The molecule has 1 aliphatic carbocycles. The van der Waals surface area contributed by atoms with E-state index in [2.05, 4.69) is 15.1 Å². The number of carboxylic acids is 1. The van der Waals surface area contributed by atoms with Crippen LogP contribution in [0.15, 0.2) is 42.5 Å². The Labute approximate surface area is 198 Å². The molecule has 0 radical (unpaired) electrons. The summed E-state index contributed by atoms with van der Waals surface area (Å²) in [6, 6.07) is 13.4. The van der Waals surface area contributed by atoms with Gasteiger partial charge in [-0.15, -0.1) is 0 Å². The van der Waals surface area contributed by atoms with Gasteiger partial charge in [-0.05, 0) is 49.2 Å². The van der Waals surface area contributed by atoms with Crippen LogP contribution in [0.2, 0.25) is 10.0 Å². The number of hydrogen-bond donors (Lipinski definition) is 1. The van der Waals surface area contributed by atoms with Gasteiger partial charge in [-0.2, -0.15) is 0 Å². The quantitative estimate of drug-likeness (QED) is 0.712. The van der Waals surface area contributed by atoms with Crippen molar-refractivity contribution in [2.75, 3.05) is 41.3 Å². The van der Waals surface area contributed by atoms with Gasteiger partial charge >= 0.3 is 0 Å². The van der Waals surface area contributed by atoms with Crippen molar-refractivity contribution >= 4 is 52.1 Å². The number of nitrogens with one attached hydrogen (secondary N) is 1. The molecule has 2 aromatic rings. The number of carboxylic acid groups (broad SMARTS) is 1. The highest BCUT2D eigenvalue weighted by Crippen LogP contribution is 2.34. The van der Waals surface area contributed by atoms with E-state index >= 15 is 0 Å². The zero-order chi connectivity index (χ0) is 22.7. The van der Waals surface area contributed by atoms with Gasteiger partial charge in [0.15, 0.2) is 0 Å². The summed E-state index contributed by atoms with van der Waals surface area (Å²) in [6.45, 7) is 3.32. The maximum absolute atomic E-state index is 12.7. The van der Waals surface area contributed by atoms with Crippen molar-refractivity contribution in [1.29, 1.82) is 0 Å². The van der Waals surface area contributed by atoms with Crippen molar-refractivity contribution in [3.8, 4) is 0 Å². The average Bonchev–Trinajstić information content (AvgIpc) is 2.81. The molecule has 2 aromatic carbocycles. The van der Waals surface area contributed by atoms with Crippen LogP contribution in [-0.4, -0.2) is 38.1 Å². The van der Waals surface area contributed by atoms with Gasteiger partial charge in [0.2, 0.25) is 5.91 Å². The van der Waals surface area contributed by atoms with Crippen molar-refractivity contribution in [3.63, 3.8) is 0 Å². The van der Waals surface area contributed by atoms with Crippen LogP contribution in [0.4, 0.5) is 17.1 Å². The van der Waals surface area contributed by atoms with E-state index in [-0.39, 0.29) is 5.91 Å². The van der Waals surface area contributed by atoms with Crippen LogP contribution in [0.25, 0.3) is 0 Å². The van der Waals surface area contributed by atoms with Crippen molar-refractivity contribution < 1.29 is 14.7 Å². The summed E-state index contributed by atoms with van der Waals surface area (Å²) in [4.78, 5) is 28.5. The molecular weight excluding hydrogens is 449 g/mol. The van der Waals surface area contributed by atoms with E-state index < -0.39 is 17.8 Å². The van der Waals surface area contributed by atoms with Gasteiger partial charge in [0, 0.05) is 55.4 Å². The summed E-state index contributed by atoms with van der Waals surface area (Å²) in [7, 11) is 0. The zero-order valence-electron chi connectivity index (χ0n) is 17.7. The van der Waals surface area contributed by atoms with Gasteiger partial charge in [-0.3, -0.25) is 4.79 Å². The predicted molar refractivity (Wildman–Crippen MR) is 126 cm³/mol. The second-order valence-corrected chi connectivity index (χ2v) is 9.18. The van der Waals surface area contributed by atoms with Gasteiger partial charge < -0.3 is 25.0 Å². The topological polar surface area (TPSA) is 75.7 Å². The lowest BCUT2D eigenvalue weighted by atomic mass is 9.78. The minimum atomic E-state index is -1.13. The van der Waals surface area contributed by atoms with Crippen molar-refractivity contribution in [3.05, 3.63) is 52.5 Å². The third kappa shape index (κ3) is 4.97. The van der Waals surface area contributed by atoms with E-state index in [1.165, 1.54) is 0 Å². The standard InChI is InChI=1S/C24H27Cl2N3O3/c25-20-6-3-7-21(22(20)26)29-14-12-28(13-15-29)17-10-8-16(9-11-17)27-23(30)18-4-1-2-5-19(18)24(31)32/h3,6-11,18-19H,1-2,4-5,12-15H2,(H,27,30)(H,31,32)/p-1/t18-,19-/m0/s1. The van der Waals surface area contributed by atoms with Crippen LogP contribution < -0.4 is 20.2 Å². The number of benzene rings is 2. The number of rotatable bonds is 5. The SMILES string of the molecule is O=C([O-])[C@H]1CCCC[C@@H]1C(=O)Nc1ccc(N2CCN(c3cccc(Cl)c3Cl)CC2)cc1. The number of halogens is 2. The second kappa shape index (κ2) is 10.0. The summed E-state index contributed by atoms with van der Waals surface area (Å²) >= 11 is 12.5. The fourth-order valence-electron chi connectivity index (χ4n) is 4.66. The fraction of sp³-hybridized carbons (Fsp3) is 0.417. The molecule has 8 heteroatoms. The van der Waals surface area contributed by atoms with Gasteiger partial charge in [0.05, 0.1) is 15.7 Å². The van der Waals surface area contributed by atoms with Crippen LogP contribution in [0, 0.1) is 11.8 Å². The van der Waals surface area contributed by atoms with Crippen molar-refractivity contribution in [2.45, 2.75) is 25.7 Å². The van der Waals surface area contributed by atoms with Crippen LogP contribution in [0.5, 0.6) is 0 Å². The molecule has 0 aromatic heterocycles. The molecule has 32 heavy (non-hydrogen) atoms. The minimum Gasteiger partial charge on any atom is -0.550 e. The first kappa shape index (κ1) is 22.7. The molecule has 1 saturated carbocycles. The average molecular weight is 475 g/mol. The lowest BCUT2D eigenvalue weighted by Gasteiger charge is -2.37. The highest BCUT2D eigenvalue weighted by Gasteiger charge is 2.31. The number of hydrogen-bond acceptors (Lipinski definition) is 5.